The predicted molar refractivity (Wildman–Crippen MR) is 90.4 cm³/mol. The molecule has 0 aliphatic heterocycles. The van der Waals surface area contributed by atoms with Crippen LogP contribution in [0.15, 0.2) is 41.8 Å². The minimum absolute atomic E-state index is 0.00330. The monoisotopic (exact) mass is 317 g/mol. The zero-order chi connectivity index (χ0) is 15.8. The summed E-state index contributed by atoms with van der Waals surface area (Å²) >= 11 is 1.72. The van der Waals surface area contributed by atoms with Crippen molar-refractivity contribution >= 4 is 34.6 Å². The Morgan fingerprint density at radius 3 is 2.32 bits per heavy atom. The van der Waals surface area contributed by atoms with Gasteiger partial charge in [-0.15, -0.1) is 11.3 Å². The molecule has 0 bridgehead atoms. The van der Waals surface area contributed by atoms with Gasteiger partial charge in [-0.05, 0) is 48.6 Å². The number of carbonyl (C=O) groups is 2. The highest BCUT2D eigenvalue weighted by molar-refractivity contribution is 7.09. The lowest BCUT2D eigenvalue weighted by Gasteiger charge is -2.07. The van der Waals surface area contributed by atoms with Gasteiger partial charge in [0.1, 0.15) is 0 Å². The molecule has 22 heavy (non-hydrogen) atoms. The van der Waals surface area contributed by atoms with Gasteiger partial charge in [-0.3, -0.25) is 4.79 Å². The van der Waals surface area contributed by atoms with E-state index in [4.69, 9.17) is 0 Å². The van der Waals surface area contributed by atoms with Crippen LogP contribution in [0, 0.1) is 0 Å². The van der Waals surface area contributed by atoms with E-state index in [1.807, 2.05) is 11.4 Å². The first kappa shape index (κ1) is 16.0. The Kier molecular flexibility index (Phi) is 5.97. The van der Waals surface area contributed by atoms with E-state index in [-0.39, 0.29) is 11.9 Å². The number of anilines is 2. The predicted octanol–water partition coefficient (Wildman–Crippen LogP) is 3.46. The van der Waals surface area contributed by atoms with E-state index < -0.39 is 0 Å². The molecule has 0 radical (unpaired) electrons. The first-order chi connectivity index (χ1) is 10.7. The average Bonchev–Trinajstić information content (AvgIpc) is 3.02. The minimum atomic E-state index is -0.273. The zero-order valence-electron chi connectivity index (χ0n) is 12.4. The van der Waals surface area contributed by atoms with Crippen LogP contribution in [0.1, 0.15) is 17.7 Å². The molecular formula is C16H19N3O2S. The van der Waals surface area contributed by atoms with Crippen LogP contribution in [0.4, 0.5) is 16.2 Å². The molecule has 6 heteroatoms. The molecule has 0 unspecified atom stereocenters. The Bertz CT molecular complexity index is 609. The third-order valence-corrected chi connectivity index (χ3v) is 4.00. The van der Waals surface area contributed by atoms with Crippen molar-refractivity contribution in [1.82, 2.24) is 5.32 Å². The van der Waals surface area contributed by atoms with Gasteiger partial charge in [-0.2, -0.15) is 0 Å². The van der Waals surface area contributed by atoms with Crippen LogP contribution in [0.3, 0.4) is 0 Å². The maximum atomic E-state index is 11.9. The van der Waals surface area contributed by atoms with E-state index in [1.165, 1.54) is 4.88 Å². The topological polar surface area (TPSA) is 70.2 Å². The van der Waals surface area contributed by atoms with E-state index >= 15 is 0 Å². The number of benzene rings is 1. The molecule has 0 aliphatic rings. The summed E-state index contributed by atoms with van der Waals surface area (Å²) in [7, 11) is 1.56. The van der Waals surface area contributed by atoms with Gasteiger partial charge in [0.25, 0.3) is 0 Å². The number of aryl methyl sites for hydroxylation is 1. The molecular weight excluding hydrogens is 298 g/mol. The first-order valence-electron chi connectivity index (χ1n) is 7.08. The lowest BCUT2D eigenvalue weighted by Crippen LogP contribution is -2.24. The SMILES string of the molecule is CNC(=O)Nc1ccc(NC(=O)CCCc2cccs2)cc1. The fraction of sp³-hybridized carbons (Fsp3) is 0.250. The third-order valence-electron chi connectivity index (χ3n) is 3.06. The maximum Gasteiger partial charge on any atom is 0.318 e. The summed E-state index contributed by atoms with van der Waals surface area (Å²) in [6.07, 6.45) is 2.26. The summed E-state index contributed by atoms with van der Waals surface area (Å²) in [4.78, 5) is 24.3. The van der Waals surface area contributed by atoms with Gasteiger partial charge in [0.05, 0.1) is 0 Å². The van der Waals surface area contributed by atoms with Crippen molar-refractivity contribution in [3.63, 3.8) is 0 Å². The summed E-state index contributed by atoms with van der Waals surface area (Å²) in [5.74, 6) is 0.00330. The summed E-state index contributed by atoms with van der Waals surface area (Å²) in [6.45, 7) is 0. The molecule has 116 valence electrons. The normalized spacial score (nSPS) is 10.0. The van der Waals surface area contributed by atoms with Crippen LogP contribution in [0.5, 0.6) is 0 Å². The van der Waals surface area contributed by atoms with Gasteiger partial charge >= 0.3 is 6.03 Å². The molecule has 0 fully saturated rings. The average molecular weight is 317 g/mol. The number of rotatable bonds is 6. The van der Waals surface area contributed by atoms with Crippen molar-refractivity contribution in [2.75, 3.05) is 17.7 Å². The Morgan fingerprint density at radius 2 is 1.73 bits per heavy atom. The molecule has 1 heterocycles. The fourth-order valence-electron chi connectivity index (χ4n) is 1.93. The van der Waals surface area contributed by atoms with Gasteiger partial charge in [0.15, 0.2) is 0 Å². The van der Waals surface area contributed by atoms with Crippen LogP contribution >= 0.6 is 11.3 Å². The number of hydrogen-bond donors (Lipinski definition) is 3. The fourth-order valence-corrected chi connectivity index (χ4v) is 2.68. The van der Waals surface area contributed by atoms with E-state index in [0.717, 1.165) is 18.5 Å². The van der Waals surface area contributed by atoms with E-state index in [9.17, 15) is 9.59 Å². The lowest BCUT2D eigenvalue weighted by molar-refractivity contribution is -0.116. The van der Waals surface area contributed by atoms with Crippen molar-refractivity contribution in [2.45, 2.75) is 19.3 Å². The quantitative estimate of drug-likeness (QED) is 0.763. The second-order valence-corrected chi connectivity index (χ2v) is 5.79. The molecule has 3 amide bonds. The minimum Gasteiger partial charge on any atom is -0.341 e. The van der Waals surface area contributed by atoms with E-state index in [2.05, 4.69) is 22.0 Å². The molecule has 0 spiro atoms. The molecule has 3 N–H and O–H groups in total. The molecule has 1 aromatic carbocycles. The van der Waals surface area contributed by atoms with Crippen molar-refractivity contribution in [3.8, 4) is 0 Å². The molecule has 0 saturated carbocycles. The molecule has 1 aromatic heterocycles. The summed E-state index contributed by atoms with van der Waals surface area (Å²) < 4.78 is 0. The largest absolute Gasteiger partial charge is 0.341 e. The number of hydrogen-bond acceptors (Lipinski definition) is 3. The summed E-state index contributed by atoms with van der Waals surface area (Å²) in [5.41, 5.74) is 1.40. The Labute approximate surface area is 133 Å². The van der Waals surface area contributed by atoms with Crippen molar-refractivity contribution in [2.24, 2.45) is 0 Å². The van der Waals surface area contributed by atoms with Crippen LogP contribution in [0.25, 0.3) is 0 Å². The van der Waals surface area contributed by atoms with Crippen molar-refractivity contribution in [3.05, 3.63) is 46.7 Å². The van der Waals surface area contributed by atoms with Gasteiger partial charge in [-0.1, -0.05) is 6.07 Å². The van der Waals surface area contributed by atoms with Crippen LogP contribution in [0.2, 0.25) is 0 Å². The van der Waals surface area contributed by atoms with Crippen LogP contribution < -0.4 is 16.0 Å². The smallest absolute Gasteiger partial charge is 0.318 e. The van der Waals surface area contributed by atoms with Crippen molar-refractivity contribution < 1.29 is 9.59 Å². The molecule has 5 nitrogen and oxygen atoms in total. The second-order valence-electron chi connectivity index (χ2n) is 4.76. The van der Waals surface area contributed by atoms with Crippen molar-refractivity contribution in [1.29, 1.82) is 0 Å². The maximum absolute atomic E-state index is 11.9. The van der Waals surface area contributed by atoms with Gasteiger partial charge < -0.3 is 16.0 Å². The molecule has 2 rings (SSSR count). The summed E-state index contributed by atoms with van der Waals surface area (Å²) in [5, 5.41) is 10.0. The van der Waals surface area contributed by atoms with Gasteiger partial charge in [0, 0.05) is 29.7 Å². The highest BCUT2D eigenvalue weighted by Gasteiger charge is 2.04. The Morgan fingerprint density at radius 1 is 1.05 bits per heavy atom. The highest BCUT2D eigenvalue weighted by atomic mass is 32.1. The lowest BCUT2D eigenvalue weighted by atomic mass is 10.2. The molecule has 2 aromatic rings. The number of urea groups is 1. The molecule has 0 atom stereocenters. The van der Waals surface area contributed by atoms with E-state index in [0.29, 0.717) is 12.1 Å². The summed E-state index contributed by atoms with van der Waals surface area (Å²) in [6, 6.07) is 10.9. The number of amides is 3. The third kappa shape index (κ3) is 5.21. The standard InChI is InChI=1S/C16H19N3O2S/c1-17-16(21)19-13-9-7-12(8-10-13)18-15(20)6-2-4-14-5-3-11-22-14/h3,5,7-11H,2,4,6H2,1H3,(H,18,20)(H2,17,19,21). The molecule has 0 aliphatic carbocycles. The first-order valence-corrected chi connectivity index (χ1v) is 7.96. The Balaban J connectivity index is 1.75. The zero-order valence-corrected chi connectivity index (χ0v) is 13.2. The highest BCUT2D eigenvalue weighted by Crippen LogP contribution is 2.15. The van der Waals surface area contributed by atoms with Gasteiger partial charge in [0.2, 0.25) is 5.91 Å². The Hall–Kier alpha value is -2.34. The number of carbonyl (C=O) groups excluding carboxylic acids is 2. The van der Waals surface area contributed by atoms with Gasteiger partial charge in [-0.25, -0.2) is 4.79 Å². The number of thiophene rings is 1. The van der Waals surface area contributed by atoms with Crippen LogP contribution in [-0.2, 0) is 11.2 Å². The van der Waals surface area contributed by atoms with E-state index in [1.54, 1.807) is 42.6 Å². The number of nitrogens with one attached hydrogen (secondary N) is 3. The van der Waals surface area contributed by atoms with Crippen LogP contribution in [-0.4, -0.2) is 19.0 Å². The molecule has 0 saturated heterocycles. The second kappa shape index (κ2) is 8.19.